The maximum Gasteiger partial charge on any atom is 0.263 e. The van der Waals surface area contributed by atoms with Gasteiger partial charge in [-0.2, -0.15) is 0 Å². The number of carbonyl (C=O) groups excluding carboxylic acids is 1. The Kier molecular flexibility index (Phi) is 5.96. The van der Waals surface area contributed by atoms with Gasteiger partial charge in [-0.05, 0) is 36.4 Å². The third-order valence-electron chi connectivity index (χ3n) is 4.05. The van der Waals surface area contributed by atoms with Crippen LogP contribution < -0.4 is 24.8 Å². The molecule has 0 bridgehead atoms. The topological polar surface area (TPSA) is 81.7 Å². The van der Waals surface area contributed by atoms with E-state index in [1.807, 2.05) is 24.3 Å². The van der Waals surface area contributed by atoms with Gasteiger partial charge in [0.05, 0.1) is 38.9 Å². The Bertz CT molecular complexity index is 936. The fraction of sp³-hybridized carbons (Fsp3) is 0.143. The zero-order chi connectivity index (χ0) is 19.9. The molecule has 28 heavy (non-hydrogen) atoms. The van der Waals surface area contributed by atoms with Gasteiger partial charge < -0.3 is 24.8 Å². The highest BCUT2D eigenvalue weighted by molar-refractivity contribution is 6.08. The van der Waals surface area contributed by atoms with Crippen molar-refractivity contribution in [3.8, 4) is 17.2 Å². The number of rotatable bonds is 7. The highest BCUT2D eigenvalue weighted by Crippen LogP contribution is 2.29. The van der Waals surface area contributed by atoms with Crippen molar-refractivity contribution in [3.63, 3.8) is 0 Å². The molecule has 0 radical (unpaired) electrons. The first-order valence-corrected chi connectivity index (χ1v) is 8.54. The second-order valence-electron chi connectivity index (χ2n) is 5.75. The number of benzene rings is 2. The number of para-hydroxylation sites is 2. The van der Waals surface area contributed by atoms with E-state index < -0.39 is 0 Å². The third-order valence-corrected chi connectivity index (χ3v) is 4.05. The van der Waals surface area contributed by atoms with Crippen LogP contribution >= 0.6 is 0 Å². The number of carbonyl (C=O) groups is 1. The summed E-state index contributed by atoms with van der Waals surface area (Å²) in [5, 5.41) is 5.99. The maximum atomic E-state index is 12.7. The van der Waals surface area contributed by atoms with E-state index in [9.17, 15) is 4.79 Å². The van der Waals surface area contributed by atoms with E-state index in [1.54, 1.807) is 43.6 Å². The van der Waals surface area contributed by atoms with Crippen molar-refractivity contribution in [1.82, 2.24) is 4.98 Å². The number of nitrogens with one attached hydrogen (secondary N) is 2. The van der Waals surface area contributed by atoms with Gasteiger partial charge in [-0.25, -0.2) is 4.98 Å². The standard InChI is InChI=1S/C21H21N3O4/c1-26-16-8-5-4-7-15(16)24-19-12-11-14(13-22-19)23-21(25)20-17(27-2)9-6-10-18(20)28-3/h4-13H,1-3H3,(H,22,24)(H,23,25). The molecule has 0 spiro atoms. The van der Waals surface area contributed by atoms with Gasteiger partial charge in [0.2, 0.25) is 0 Å². The minimum Gasteiger partial charge on any atom is -0.496 e. The van der Waals surface area contributed by atoms with Crippen LogP contribution in [0.25, 0.3) is 0 Å². The summed E-state index contributed by atoms with van der Waals surface area (Å²) in [6.07, 6.45) is 1.57. The molecule has 2 aromatic carbocycles. The molecule has 1 heterocycles. The predicted octanol–water partition coefficient (Wildman–Crippen LogP) is 4.10. The molecule has 0 atom stereocenters. The molecular weight excluding hydrogens is 358 g/mol. The molecule has 3 rings (SSSR count). The minimum atomic E-state index is -0.346. The normalized spacial score (nSPS) is 10.1. The summed E-state index contributed by atoms with van der Waals surface area (Å²) in [6, 6.07) is 16.2. The molecule has 0 unspecified atom stereocenters. The molecule has 1 amide bonds. The summed E-state index contributed by atoms with van der Waals surface area (Å²) < 4.78 is 15.9. The van der Waals surface area contributed by atoms with Crippen LogP contribution in [-0.2, 0) is 0 Å². The average Bonchev–Trinajstić information content (AvgIpc) is 2.74. The summed E-state index contributed by atoms with van der Waals surface area (Å²) in [5.74, 6) is 1.85. The zero-order valence-corrected chi connectivity index (χ0v) is 15.9. The highest BCUT2D eigenvalue weighted by Gasteiger charge is 2.18. The van der Waals surface area contributed by atoms with Crippen molar-refractivity contribution in [1.29, 1.82) is 0 Å². The number of aromatic nitrogens is 1. The fourth-order valence-electron chi connectivity index (χ4n) is 2.70. The Morgan fingerprint density at radius 2 is 1.46 bits per heavy atom. The largest absolute Gasteiger partial charge is 0.496 e. The molecule has 0 saturated heterocycles. The second-order valence-corrected chi connectivity index (χ2v) is 5.75. The van der Waals surface area contributed by atoms with Crippen LogP contribution in [0.4, 0.5) is 17.2 Å². The van der Waals surface area contributed by atoms with E-state index in [-0.39, 0.29) is 5.91 Å². The number of hydrogen-bond donors (Lipinski definition) is 2. The zero-order valence-electron chi connectivity index (χ0n) is 15.9. The first-order valence-electron chi connectivity index (χ1n) is 8.54. The molecule has 0 saturated carbocycles. The van der Waals surface area contributed by atoms with Gasteiger partial charge in [-0.3, -0.25) is 4.79 Å². The van der Waals surface area contributed by atoms with Crippen LogP contribution in [0.5, 0.6) is 17.2 Å². The van der Waals surface area contributed by atoms with Crippen molar-refractivity contribution in [2.24, 2.45) is 0 Å². The number of hydrogen-bond acceptors (Lipinski definition) is 6. The highest BCUT2D eigenvalue weighted by atomic mass is 16.5. The van der Waals surface area contributed by atoms with E-state index in [0.29, 0.717) is 34.3 Å². The molecule has 144 valence electrons. The molecule has 0 fully saturated rings. The van der Waals surface area contributed by atoms with Crippen LogP contribution in [-0.4, -0.2) is 32.2 Å². The summed E-state index contributed by atoms with van der Waals surface area (Å²) in [4.78, 5) is 17.0. The first kappa shape index (κ1) is 19.0. The Morgan fingerprint density at radius 3 is 2.07 bits per heavy atom. The molecule has 1 aromatic heterocycles. The van der Waals surface area contributed by atoms with Crippen LogP contribution in [0.1, 0.15) is 10.4 Å². The Labute approximate surface area is 163 Å². The lowest BCUT2D eigenvalue weighted by molar-refractivity contribution is 0.102. The number of methoxy groups -OCH3 is 3. The lowest BCUT2D eigenvalue weighted by Gasteiger charge is -2.13. The smallest absolute Gasteiger partial charge is 0.263 e. The monoisotopic (exact) mass is 379 g/mol. The lowest BCUT2D eigenvalue weighted by atomic mass is 10.1. The Hall–Kier alpha value is -3.74. The van der Waals surface area contributed by atoms with Gasteiger partial charge in [0, 0.05) is 0 Å². The second kappa shape index (κ2) is 8.77. The summed E-state index contributed by atoms with van der Waals surface area (Å²) in [7, 11) is 4.62. The Balaban J connectivity index is 1.75. The number of pyridine rings is 1. The van der Waals surface area contributed by atoms with E-state index >= 15 is 0 Å². The predicted molar refractivity (Wildman–Crippen MR) is 108 cm³/mol. The quantitative estimate of drug-likeness (QED) is 0.643. The van der Waals surface area contributed by atoms with Gasteiger partial charge in [0.15, 0.2) is 0 Å². The molecule has 3 aromatic rings. The summed E-state index contributed by atoms with van der Waals surface area (Å²) in [5.41, 5.74) is 1.67. The van der Waals surface area contributed by atoms with Crippen LogP contribution in [0, 0.1) is 0 Å². The van der Waals surface area contributed by atoms with Gasteiger partial charge in [-0.15, -0.1) is 0 Å². The summed E-state index contributed by atoms with van der Waals surface area (Å²) in [6.45, 7) is 0. The number of ether oxygens (including phenoxy) is 3. The summed E-state index contributed by atoms with van der Waals surface area (Å²) >= 11 is 0. The molecule has 0 aliphatic carbocycles. The fourth-order valence-corrected chi connectivity index (χ4v) is 2.70. The third kappa shape index (κ3) is 4.15. The van der Waals surface area contributed by atoms with Gasteiger partial charge in [0.1, 0.15) is 28.6 Å². The molecule has 0 aliphatic rings. The molecule has 0 aliphatic heterocycles. The van der Waals surface area contributed by atoms with Crippen LogP contribution in [0.15, 0.2) is 60.8 Å². The van der Waals surface area contributed by atoms with Gasteiger partial charge >= 0.3 is 0 Å². The van der Waals surface area contributed by atoms with Crippen molar-refractivity contribution in [3.05, 3.63) is 66.4 Å². The van der Waals surface area contributed by atoms with Crippen molar-refractivity contribution in [2.75, 3.05) is 32.0 Å². The molecule has 7 heteroatoms. The minimum absolute atomic E-state index is 0.323. The number of nitrogens with zero attached hydrogens (tertiary/aromatic N) is 1. The molecule has 2 N–H and O–H groups in total. The van der Waals surface area contributed by atoms with E-state index in [1.165, 1.54) is 14.2 Å². The number of anilines is 3. The van der Waals surface area contributed by atoms with Crippen molar-refractivity contribution < 1.29 is 19.0 Å². The lowest BCUT2D eigenvalue weighted by Crippen LogP contribution is -2.14. The maximum absolute atomic E-state index is 12.7. The van der Waals surface area contributed by atoms with Crippen molar-refractivity contribution in [2.45, 2.75) is 0 Å². The Morgan fingerprint density at radius 1 is 0.821 bits per heavy atom. The van der Waals surface area contributed by atoms with Gasteiger partial charge in [-0.1, -0.05) is 18.2 Å². The molecule has 7 nitrogen and oxygen atoms in total. The number of amides is 1. The van der Waals surface area contributed by atoms with Crippen LogP contribution in [0.3, 0.4) is 0 Å². The van der Waals surface area contributed by atoms with Gasteiger partial charge in [0.25, 0.3) is 5.91 Å². The van der Waals surface area contributed by atoms with Crippen molar-refractivity contribution >= 4 is 23.1 Å². The SMILES string of the molecule is COc1ccccc1Nc1ccc(NC(=O)c2c(OC)cccc2OC)cn1. The molecular formula is C21H21N3O4. The van der Waals surface area contributed by atoms with E-state index in [2.05, 4.69) is 15.6 Å². The average molecular weight is 379 g/mol. The van der Waals surface area contributed by atoms with Crippen LogP contribution in [0.2, 0.25) is 0 Å². The van der Waals surface area contributed by atoms with E-state index in [0.717, 1.165) is 5.69 Å². The van der Waals surface area contributed by atoms with E-state index in [4.69, 9.17) is 14.2 Å². The first-order chi connectivity index (χ1) is 13.7.